The SMILES string of the molecule is CN(CC(=O)N1CCC[C@H](c2nc3ccccc3s2)C1)[C@@H]1CCCc2ccccc21. The van der Waals surface area contributed by atoms with Crippen LogP contribution >= 0.6 is 11.3 Å². The summed E-state index contributed by atoms with van der Waals surface area (Å²) in [5.74, 6) is 0.618. The number of piperidine rings is 1. The third-order valence-corrected chi connectivity index (χ3v) is 7.89. The molecule has 1 aliphatic carbocycles. The molecule has 2 heterocycles. The predicted octanol–water partition coefficient (Wildman–Crippen LogP) is 5.01. The summed E-state index contributed by atoms with van der Waals surface area (Å²) < 4.78 is 1.24. The molecule has 1 saturated heterocycles. The first kappa shape index (κ1) is 19.7. The smallest absolute Gasteiger partial charge is 0.236 e. The van der Waals surface area contributed by atoms with Gasteiger partial charge in [0.15, 0.2) is 0 Å². The molecule has 0 saturated carbocycles. The molecule has 5 rings (SSSR count). The van der Waals surface area contributed by atoms with Crippen molar-refractivity contribution in [3.8, 4) is 0 Å². The zero-order valence-corrected chi connectivity index (χ0v) is 18.4. The monoisotopic (exact) mass is 419 g/mol. The number of benzene rings is 2. The van der Waals surface area contributed by atoms with Crippen LogP contribution in [-0.2, 0) is 11.2 Å². The minimum Gasteiger partial charge on any atom is -0.341 e. The second-order valence-electron chi connectivity index (χ2n) is 8.72. The van der Waals surface area contributed by atoms with E-state index in [0.717, 1.165) is 44.3 Å². The van der Waals surface area contributed by atoms with Crippen molar-refractivity contribution in [2.75, 3.05) is 26.7 Å². The van der Waals surface area contributed by atoms with Gasteiger partial charge in [0, 0.05) is 25.0 Å². The van der Waals surface area contributed by atoms with Crippen LogP contribution < -0.4 is 0 Å². The van der Waals surface area contributed by atoms with E-state index in [2.05, 4.69) is 59.3 Å². The molecule has 1 aliphatic heterocycles. The number of aromatic nitrogens is 1. The van der Waals surface area contributed by atoms with Gasteiger partial charge in [-0.15, -0.1) is 11.3 Å². The van der Waals surface area contributed by atoms with E-state index in [-0.39, 0.29) is 5.91 Å². The zero-order chi connectivity index (χ0) is 20.5. The molecular weight excluding hydrogens is 390 g/mol. The van der Waals surface area contributed by atoms with Crippen molar-refractivity contribution in [3.05, 3.63) is 64.7 Å². The Kier molecular flexibility index (Phi) is 5.57. The highest BCUT2D eigenvalue weighted by molar-refractivity contribution is 7.18. The molecule has 2 aromatic carbocycles. The van der Waals surface area contributed by atoms with Crippen LogP contribution in [0.1, 0.15) is 53.8 Å². The number of thiazole rings is 1. The number of nitrogens with zero attached hydrogens (tertiary/aromatic N) is 3. The molecule has 4 nitrogen and oxygen atoms in total. The molecule has 1 amide bonds. The fourth-order valence-corrected chi connectivity index (χ4v) is 6.17. The van der Waals surface area contributed by atoms with Crippen LogP contribution in [0.15, 0.2) is 48.5 Å². The Labute approximate surface area is 182 Å². The lowest BCUT2D eigenvalue weighted by Gasteiger charge is -2.36. The number of likely N-dealkylation sites (N-methyl/N-ethyl adjacent to an activating group) is 1. The summed E-state index contributed by atoms with van der Waals surface area (Å²) in [5.41, 5.74) is 3.93. The van der Waals surface area contributed by atoms with Crippen LogP contribution in [0.2, 0.25) is 0 Å². The Morgan fingerprint density at radius 3 is 2.87 bits per heavy atom. The second kappa shape index (κ2) is 8.48. The van der Waals surface area contributed by atoms with Gasteiger partial charge in [-0.1, -0.05) is 36.4 Å². The lowest BCUT2D eigenvalue weighted by Crippen LogP contribution is -2.44. The van der Waals surface area contributed by atoms with Crippen molar-refractivity contribution in [2.24, 2.45) is 0 Å². The molecule has 3 aromatic rings. The van der Waals surface area contributed by atoms with Crippen LogP contribution in [-0.4, -0.2) is 47.4 Å². The Hall–Kier alpha value is -2.24. The fourth-order valence-electron chi connectivity index (χ4n) is 5.08. The van der Waals surface area contributed by atoms with E-state index in [9.17, 15) is 4.79 Å². The third kappa shape index (κ3) is 3.88. The van der Waals surface area contributed by atoms with E-state index in [1.165, 1.54) is 27.3 Å². The van der Waals surface area contributed by atoms with Gasteiger partial charge in [0.1, 0.15) is 0 Å². The van der Waals surface area contributed by atoms with E-state index < -0.39 is 0 Å². The quantitative estimate of drug-likeness (QED) is 0.596. The Bertz CT molecular complexity index is 1010. The van der Waals surface area contributed by atoms with E-state index in [4.69, 9.17) is 4.98 Å². The van der Waals surface area contributed by atoms with Gasteiger partial charge >= 0.3 is 0 Å². The maximum absolute atomic E-state index is 13.2. The van der Waals surface area contributed by atoms with E-state index in [1.54, 1.807) is 11.3 Å². The summed E-state index contributed by atoms with van der Waals surface area (Å²) in [5, 5.41) is 1.18. The van der Waals surface area contributed by atoms with Crippen molar-refractivity contribution in [1.29, 1.82) is 0 Å². The molecule has 30 heavy (non-hydrogen) atoms. The third-order valence-electron chi connectivity index (χ3n) is 6.69. The molecule has 5 heteroatoms. The number of fused-ring (bicyclic) bond motifs is 2. The molecule has 0 unspecified atom stereocenters. The van der Waals surface area contributed by atoms with Crippen molar-refractivity contribution in [3.63, 3.8) is 0 Å². The first-order valence-corrected chi connectivity index (χ1v) is 11.9. The fraction of sp³-hybridized carbons (Fsp3) is 0.440. The van der Waals surface area contributed by atoms with Crippen LogP contribution in [0.5, 0.6) is 0 Å². The number of amides is 1. The average Bonchev–Trinajstić information content (AvgIpc) is 3.23. The van der Waals surface area contributed by atoms with Crippen molar-refractivity contribution in [2.45, 2.75) is 44.1 Å². The van der Waals surface area contributed by atoms with E-state index in [0.29, 0.717) is 18.5 Å². The topological polar surface area (TPSA) is 36.4 Å². The number of carbonyl (C=O) groups excluding carboxylic acids is 1. The minimum absolute atomic E-state index is 0.256. The van der Waals surface area contributed by atoms with Crippen molar-refractivity contribution in [1.82, 2.24) is 14.8 Å². The summed E-state index contributed by atoms with van der Waals surface area (Å²) in [6, 6.07) is 17.4. The van der Waals surface area contributed by atoms with Gasteiger partial charge in [-0.2, -0.15) is 0 Å². The molecule has 1 fully saturated rings. The van der Waals surface area contributed by atoms with Gasteiger partial charge in [-0.25, -0.2) is 4.98 Å². The Morgan fingerprint density at radius 1 is 1.13 bits per heavy atom. The number of rotatable bonds is 4. The maximum atomic E-state index is 13.2. The summed E-state index contributed by atoms with van der Waals surface area (Å²) in [6.45, 7) is 2.16. The molecule has 2 atom stereocenters. The van der Waals surface area contributed by atoms with E-state index >= 15 is 0 Å². The number of likely N-dealkylation sites (tertiary alicyclic amines) is 1. The second-order valence-corrected chi connectivity index (χ2v) is 9.78. The molecule has 156 valence electrons. The maximum Gasteiger partial charge on any atom is 0.236 e. The van der Waals surface area contributed by atoms with Gasteiger partial charge in [0.25, 0.3) is 0 Å². The molecule has 0 radical (unpaired) electrons. The summed E-state index contributed by atoms with van der Waals surface area (Å²) in [7, 11) is 2.11. The standard InChI is InChI=1S/C25H29N3OS/c1-27(22-13-6-9-18-8-2-3-11-20(18)22)17-24(29)28-15-7-10-19(16-28)25-26-21-12-4-5-14-23(21)30-25/h2-5,8,11-12,14,19,22H,6-7,9-10,13,15-17H2,1H3/t19-,22+/m0/s1. The number of carbonyl (C=O) groups is 1. The van der Waals surface area contributed by atoms with Crippen LogP contribution in [0.3, 0.4) is 0 Å². The molecule has 0 bridgehead atoms. The van der Waals surface area contributed by atoms with Crippen molar-refractivity contribution >= 4 is 27.5 Å². The Morgan fingerprint density at radius 2 is 1.97 bits per heavy atom. The van der Waals surface area contributed by atoms with Crippen LogP contribution in [0, 0.1) is 0 Å². The molecule has 0 N–H and O–H groups in total. The van der Waals surface area contributed by atoms with Gasteiger partial charge in [0.2, 0.25) is 5.91 Å². The van der Waals surface area contributed by atoms with Crippen LogP contribution in [0.4, 0.5) is 0 Å². The van der Waals surface area contributed by atoms with Gasteiger partial charge in [0.05, 0.1) is 21.8 Å². The number of hydrogen-bond acceptors (Lipinski definition) is 4. The lowest BCUT2D eigenvalue weighted by atomic mass is 9.87. The molecule has 0 spiro atoms. The largest absolute Gasteiger partial charge is 0.341 e. The first-order chi connectivity index (χ1) is 14.7. The summed E-state index contributed by atoms with van der Waals surface area (Å²) in [4.78, 5) is 22.4. The predicted molar refractivity (Wildman–Crippen MR) is 123 cm³/mol. The first-order valence-electron chi connectivity index (χ1n) is 11.1. The van der Waals surface area contributed by atoms with E-state index in [1.807, 2.05) is 6.07 Å². The van der Waals surface area contributed by atoms with Gasteiger partial charge < -0.3 is 4.90 Å². The van der Waals surface area contributed by atoms with Gasteiger partial charge in [-0.3, -0.25) is 9.69 Å². The highest BCUT2D eigenvalue weighted by atomic mass is 32.1. The highest BCUT2D eigenvalue weighted by Crippen LogP contribution is 2.35. The van der Waals surface area contributed by atoms with Crippen molar-refractivity contribution < 1.29 is 4.79 Å². The normalized spacial score (nSPS) is 21.7. The summed E-state index contributed by atoms with van der Waals surface area (Å²) in [6.07, 6.45) is 5.67. The average molecular weight is 420 g/mol. The molecule has 1 aromatic heterocycles. The van der Waals surface area contributed by atoms with Crippen LogP contribution in [0.25, 0.3) is 10.2 Å². The number of aryl methyl sites for hydroxylation is 1. The number of hydrogen-bond donors (Lipinski definition) is 0. The Balaban J connectivity index is 1.26. The summed E-state index contributed by atoms with van der Waals surface area (Å²) >= 11 is 1.79. The van der Waals surface area contributed by atoms with Gasteiger partial charge in [-0.05, 0) is 62.4 Å². The lowest BCUT2D eigenvalue weighted by molar-refractivity contribution is -0.134. The molecule has 2 aliphatic rings. The minimum atomic E-state index is 0.256. The highest BCUT2D eigenvalue weighted by Gasteiger charge is 2.30. The zero-order valence-electron chi connectivity index (χ0n) is 17.6. The number of para-hydroxylation sites is 1. The molecular formula is C25H29N3OS.